The van der Waals surface area contributed by atoms with Crippen LogP contribution in [0.25, 0.3) is 0 Å². The third-order valence-corrected chi connectivity index (χ3v) is 3.87. The van der Waals surface area contributed by atoms with Gasteiger partial charge in [-0.05, 0) is 31.4 Å². The number of benzene rings is 1. The summed E-state index contributed by atoms with van der Waals surface area (Å²) in [5.74, 6) is 0.857. The maximum atomic E-state index is 12.5. The van der Waals surface area contributed by atoms with Crippen molar-refractivity contribution >= 4 is 5.91 Å². The molecule has 1 N–H and O–H groups in total. The first kappa shape index (κ1) is 15.0. The average molecular weight is 274 g/mol. The number of hydrogen-bond donors (Lipinski definition) is 1. The topological polar surface area (TPSA) is 32.3 Å². The van der Waals surface area contributed by atoms with Crippen LogP contribution in [0.1, 0.15) is 62.1 Å². The van der Waals surface area contributed by atoms with Gasteiger partial charge in [-0.15, -0.1) is 0 Å². The first-order chi connectivity index (χ1) is 9.65. The molecule has 1 heterocycles. The SMILES string of the molecule is CCCCN1C(=O)c2ccccc2C1NCCC(C)C. The van der Waals surface area contributed by atoms with E-state index in [-0.39, 0.29) is 12.1 Å². The number of carbonyl (C=O) groups is 1. The Bertz CT molecular complexity index is 456. The number of hydrogen-bond acceptors (Lipinski definition) is 2. The summed E-state index contributed by atoms with van der Waals surface area (Å²) in [5, 5.41) is 3.56. The lowest BCUT2D eigenvalue weighted by Gasteiger charge is -2.26. The van der Waals surface area contributed by atoms with Crippen molar-refractivity contribution in [2.75, 3.05) is 13.1 Å². The summed E-state index contributed by atoms with van der Waals surface area (Å²) in [7, 11) is 0. The second kappa shape index (κ2) is 6.89. The van der Waals surface area contributed by atoms with Crippen LogP contribution in [-0.2, 0) is 0 Å². The molecule has 1 aromatic rings. The summed E-state index contributed by atoms with van der Waals surface area (Å²) in [6.45, 7) is 8.40. The zero-order valence-electron chi connectivity index (χ0n) is 12.9. The maximum absolute atomic E-state index is 12.5. The van der Waals surface area contributed by atoms with Gasteiger partial charge < -0.3 is 4.90 Å². The number of fused-ring (bicyclic) bond motifs is 1. The largest absolute Gasteiger partial charge is 0.319 e. The van der Waals surface area contributed by atoms with Gasteiger partial charge in [-0.2, -0.15) is 0 Å². The minimum absolute atomic E-state index is 0.0593. The summed E-state index contributed by atoms with van der Waals surface area (Å²) < 4.78 is 0. The van der Waals surface area contributed by atoms with E-state index in [4.69, 9.17) is 0 Å². The van der Waals surface area contributed by atoms with Crippen molar-refractivity contribution < 1.29 is 4.79 Å². The minimum Gasteiger partial charge on any atom is -0.319 e. The highest BCUT2D eigenvalue weighted by molar-refractivity contribution is 5.99. The molecule has 0 saturated carbocycles. The summed E-state index contributed by atoms with van der Waals surface area (Å²) in [5.41, 5.74) is 2.00. The van der Waals surface area contributed by atoms with Crippen molar-refractivity contribution in [2.45, 2.75) is 46.2 Å². The van der Waals surface area contributed by atoms with Crippen molar-refractivity contribution in [1.29, 1.82) is 0 Å². The Labute approximate surface area is 122 Å². The van der Waals surface area contributed by atoms with Crippen LogP contribution in [0.4, 0.5) is 0 Å². The van der Waals surface area contributed by atoms with Crippen LogP contribution in [0.3, 0.4) is 0 Å². The highest BCUT2D eigenvalue weighted by atomic mass is 16.2. The molecule has 0 saturated heterocycles. The number of nitrogens with zero attached hydrogens (tertiary/aromatic N) is 1. The molecule has 0 spiro atoms. The van der Waals surface area contributed by atoms with E-state index < -0.39 is 0 Å². The molecule has 0 aliphatic carbocycles. The lowest BCUT2D eigenvalue weighted by molar-refractivity contribution is 0.0691. The first-order valence-electron chi connectivity index (χ1n) is 7.78. The van der Waals surface area contributed by atoms with Crippen LogP contribution in [0.15, 0.2) is 24.3 Å². The highest BCUT2D eigenvalue weighted by Crippen LogP contribution is 2.31. The highest BCUT2D eigenvalue weighted by Gasteiger charge is 2.35. The minimum atomic E-state index is 0.0593. The fourth-order valence-electron chi connectivity index (χ4n) is 2.66. The van der Waals surface area contributed by atoms with Gasteiger partial charge in [0.25, 0.3) is 5.91 Å². The van der Waals surface area contributed by atoms with Crippen molar-refractivity contribution in [1.82, 2.24) is 10.2 Å². The van der Waals surface area contributed by atoms with E-state index in [9.17, 15) is 4.79 Å². The van der Waals surface area contributed by atoms with E-state index in [0.717, 1.165) is 43.5 Å². The number of nitrogens with one attached hydrogen (secondary N) is 1. The molecule has 1 unspecified atom stereocenters. The lowest BCUT2D eigenvalue weighted by Crippen LogP contribution is -2.38. The van der Waals surface area contributed by atoms with Crippen molar-refractivity contribution in [2.24, 2.45) is 5.92 Å². The summed E-state index contributed by atoms with van der Waals surface area (Å²) in [6, 6.07) is 7.99. The number of amides is 1. The molecular weight excluding hydrogens is 248 g/mol. The second-order valence-electron chi connectivity index (χ2n) is 5.98. The molecule has 1 atom stereocenters. The van der Waals surface area contributed by atoms with Crippen LogP contribution in [0.5, 0.6) is 0 Å². The fraction of sp³-hybridized carbons (Fsp3) is 0.588. The van der Waals surface area contributed by atoms with E-state index >= 15 is 0 Å². The first-order valence-corrected chi connectivity index (χ1v) is 7.78. The maximum Gasteiger partial charge on any atom is 0.255 e. The van der Waals surface area contributed by atoms with Gasteiger partial charge in [0.2, 0.25) is 0 Å². The summed E-state index contributed by atoms with van der Waals surface area (Å²) in [4.78, 5) is 14.5. The fourth-order valence-corrected chi connectivity index (χ4v) is 2.66. The Morgan fingerprint density at radius 1 is 1.30 bits per heavy atom. The second-order valence-corrected chi connectivity index (χ2v) is 5.98. The van der Waals surface area contributed by atoms with Crippen molar-refractivity contribution in [3.63, 3.8) is 0 Å². The average Bonchev–Trinajstić information content (AvgIpc) is 2.70. The molecule has 1 aliphatic rings. The van der Waals surface area contributed by atoms with Gasteiger partial charge in [0.15, 0.2) is 0 Å². The van der Waals surface area contributed by atoms with Crippen molar-refractivity contribution in [3.05, 3.63) is 35.4 Å². The Kier molecular flexibility index (Phi) is 5.18. The molecule has 0 bridgehead atoms. The molecule has 1 amide bonds. The molecule has 2 rings (SSSR count). The van der Waals surface area contributed by atoms with Crippen LogP contribution in [0.2, 0.25) is 0 Å². The molecule has 3 nitrogen and oxygen atoms in total. The Balaban J connectivity index is 2.12. The molecule has 1 aliphatic heterocycles. The molecule has 1 aromatic carbocycles. The van der Waals surface area contributed by atoms with Crippen LogP contribution in [-0.4, -0.2) is 23.9 Å². The third-order valence-electron chi connectivity index (χ3n) is 3.87. The molecule has 0 aromatic heterocycles. The summed E-state index contributed by atoms with van der Waals surface area (Å²) >= 11 is 0. The van der Waals surface area contributed by atoms with Gasteiger partial charge in [-0.25, -0.2) is 0 Å². The lowest BCUT2D eigenvalue weighted by atomic mass is 10.1. The van der Waals surface area contributed by atoms with E-state index in [0.29, 0.717) is 5.92 Å². The predicted octanol–water partition coefficient (Wildman–Crippen LogP) is 3.58. The third kappa shape index (κ3) is 3.21. The smallest absolute Gasteiger partial charge is 0.255 e. The van der Waals surface area contributed by atoms with Gasteiger partial charge >= 0.3 is 0 Å². The van der Waals surface area contributed by atoms with Crippen LogP contribution < -0.4 is 5.32 Å². The van der Waals surface area contributed by atoms with Gasteiger partial charge in [0.1, 0.15) is 6.17 Å². The predicted molar refractivity (Wildman–Crippen MR) is 82.6 cm³/mol. The monoisotopic (exact) mass is 274 g/mol. The zero-order chi connectivity index (χ0) is 14.5. The Morgan fingerprint density at radius 3 is 2.75 bits per heavy atom. The normalized spacial score (nSPS) is 17.9. The molecule has 0 radical (unpaired) electrons. The van der Waals surface area contributed by atoms with E-state index in [2.05, 4.69) is 32.2 Å². The van der Waals surface area contributed by atoms with Gasteiger partial charge in [-0.3, -0.25) is 10.1 Å². The van der Waals surface area contributed by atoms with Crippen molar-refractivity contribution in [3.8, 4) is 0 Å². The number of carbonyl (C=O) groups excluding carboxylic acids is 1. The Morgan fingerprint density at radius 2 is 2.05 bits per heavy atom. The van der Waals surface area contributed by atoms with Crippen LogP contribution in [0, 0.1) is 5.92 Å². The summed E-state index contributed by atoms with van der Waals surface area (Å²) in [6.07, 6.45) is 3.36. The number of unbranched alkanes of at least 4 members (excludes halogenated alkanes) is 1. The van der Waals surface area contributed by atoms with Gasteiger partial charge in [-0.1, -0.05) is 45.4 Å². The molecular formula is C17H26N2O. The Hall–Kier alpha value is -1.35. The van der Waals surface area contributed by atoms with E-state index in [1.807, 2.05) is 23.1 Å². The quantitative estimate of drug-likeness (QED) is 0.824. The molecule has 110 valence electrons. The number of rotatable bonds is 7. The van der Waals surface area contributed by atoms with E-state index in [1.165, 1.54) is 0 Å². The van der Waals surface area contributed by atoms with Gasteiger partial charge in [0, 0.05) is 17.7 Å². The zero-order valence-corrected chi connectivity index (χ0v) is 12.9. The molecule has 0 fully saturated rings. The molecule has 20 heavy (non-hydrogen) atoms. The standard InChI is InChI=1S/C17H26N2O/c1-4-5-12-19-16(18-11-10-13(2)3)14-8-6-7-9-15(14)17(19)20/h6-9,13,16,18H,4-5,10-12H2,1-3H3. The molecule has 3 heteroatoms. The van der Waals surface area contributed by atoms with Crippen LogP contribution >= 0.6 is 0 Å². The van der Waals surface area contributed by atoms with Gasteiger partial charge in [0.05, 0.1) is 0 Å². The van der Waals surface area contributed by atoms with E-state index in [1.54, 1.807) is 0 Å².